The third-order valence-corrected chi connectivity index (χ3v) is 3.70. The molecule has 0 amide bonds. The molecule has 1 aliphatic heterocycles. The van der Waals surface area contributed by atoms with E-state index >= 15 is 0 Å². The summed E-state index contributed by atoms with van der Waals surface area (Å²) >= 11 is 0. The third kappa shape index (κ3) is 2.06. The summed E-state index contributed by atoms with van der Waals surface area (Å²) in [6.45, 7) is 0.995. The average Bonchev–Trinajstić information content (AvgIpc) is 2.84. The van der Waals surface area contributed by atoms with E-state index < -0.39 is 0 Å². The summed E-state index contributed by atoms with van der Waals surface area (Å²) in [5.74, 6) is 0.614. The summed E-state index contributed by atoms with van der Waals surface area (Å²) in [4.78, 5) is 11.4. The van der Waals surface area contributed by atoms with Gasteiger partial charge >= 0.3 is 0 Å². The summed E-state index contributed by atoms with van der Waals surface area (Å²) in [6.07, 6.45) is 4.44. The molecule has 0 saturated carbocycles. The number of fused-ring (bicyclic) bond motifs is 1. The summed E-state index contributed by atoms with van der Waals surface area (Å²) in [5.41, 5.74) is 0.857. The molecule has 0 spiro atoms. The van der Waals surface area contributed by atoms with Crippen LogP contribution in [0.2, 0.25) is 0 Å². The Morgan fingerprint density at radius 2 is 2.22 bits per heavy atom. The largest absolute Gasteiger partial charge is 0.460 e. The first-order chi connectivity index (χ1) is 8.88. The van der Waals surface area contributed by atoms with Crippen LogP contribution in [0.25, 0.3) is 11.0 Å². The first-order valence-corrected chi connectivity index (χ1v) is 6.55. The minimum atomic E-state index is -0.169. The first-order valence-electron chi connectivity index (χ1n) is 6.55. The predicted molar refractivity (Wildman–Crippen MR) is 70.7 cm³/mol. The quantitative estimate of drug-likeness (QED) is 0.843. The van der Waals surface area contributed by atoms with Gasteiger partial charge < -0.3 is 14.5 Å². The fourth-order valence-electron chi connectivity index (χ4n) is 2.71. The molecule has 3 heteroatoms. The van der Waals surface area contributed by atoms with Gasteiger partial charge in [-0.1, -0.05) is 24.6 Å². The molecule has 18 heavy (non-hydrogen) atoms. The molecule has 2 aromatic rings. The highest BCUT2D eigenvalue weighted by Gasteiger charge is 2.27. The van der Waals surface area contributed by atoms with Crippen molar-refractivity contribution in [1.82, 2.24) is 5.32 Å². The van der Waals surface area contributed by atoms with Crippen molar-refractivity contribution in [3.05, 3.63) is 36.1 Å². The number of nitrogens with one attached hydrogen (secondary N) is 1. The van der Waals surface area contributed by atoms with Crippen molar-refractivity contribution in [3.63, 3.8) is 0 Å². The number of rotatable bonds is 3. The van der Waals surface area contributed by atoms with Crippen molar-refractivity contribution in [2.75, 3.05) is 6.54 Å². The zero-order valence-electron chi connectivity index (χ0n) is 10.3. The SMILES string of the molecule is O=C[C@H](c1cc2ccccc2o1)C1CCCCN1. The van der Waals surface area contributed by atoms with Crippen LogP contribution in [-0.2, 0) is 4.79 Å². The maximum absolute atomic E-state index is 11.4. The predicted octanol–water partition coefficient (Wildman–Crippen LogP) is 2.86. The molecule has 3 rings (SSSR count). The fourth-order valence-corrected chi connectivity index (χ4v) is 2.71. The van der Waals surface area contributed by atoms with E-state index in [4.69, 9.17) is 4.42 Å². The Hall–Kier alpha value is -1.61. The summed E-state index contributed by atoms with van der Waals surface area (Å²) in [7, 11) is 0. The molecule has 2 heterocycles. The molecule has 1 aromatic heterocycles. The number of benzene rings is 1. The Balaban J connectivity index is 1.92. The van der Waals surface area contributed by atoms with Gasteiger partial charge in [-0.2, -0.15) is 0 Å². The lowest BCUT2D eigenvalue weighted by Crippen LogP contribution is -2.39. The number of carbonyl (C=O) groups excluding carboxylic acids is 1. The fraction of sp³-hybridized carbons (Fsp3) is 0.400. The van der Waals surface area contributed by atoms with E-state index in [-0.39, 0.29) is 12.0 Å². The molecule has 0 aliphatic carbocycles. The van der Waals surface area contributed by atoms with Crippen LogP contribution in [0.4, 0.5) is 0 Å². The van der Waals surface area contributed by atoms with Gasteiger partial charge in [-0.3, -0.25) is 0 Å². The van der Waals surface area contributed by atoms with Crippen LogP contribution in [0.3, 0.4) is 0 Å². The molecule has 1 aromatic carbocycles. The number of hydrogen-bond donors (Lipinski definition) is 1. The standard InChI is InChI=1S/C15H17NO2/c17-10-12(13-6-3-4-8-16-13)15-9-11-5-1-2-7-14(11)18-15/h1-2,5,7,9-10,12-13,16H,3-4,6,8H2/t12-,13?/m0/s1. The van der Waals surface area contributed by atoms with E-state index in [0.29, 0.717) is 0 Å². The van der Waals surface area contributed by atoms with Crippen LogP contribution in [-0.4, -0.2) is 18.9 Å². The molecule has 1 saturated heterocycles. The molecule has 1 N–H and O–H groups in total. The van der Waals surface area contributed by atoms with Crippen LogP contribution in [0.1, 0.15) is 30.9 Å². The smallest absolute Gasteiger partial charge is 0.134 e. The van der Waals surface area contributed by atoms with Crippen LogP contribution in [0.5, 0.6) is 0 Å². The highest BCUT2D eigenvalue weighted by Crippen LogP contribution is 2.28. The Morgan fingerprint density at radius 3 is 2.94 bits per heavy atom. The molecule has 0 radical (unpaired) electrons. The Labute approximate surface area is 106 Å². The third-order valence-electron chi connectivity index (χ3n) is 3.70. The molecule has 94 valence electrons. The summed E-state index contributed by atoms with van der Waals surface area (Å²) < 4.78 is 5.80. The van der Waals surface area contributed by atoms with Crippen LogP contribution >= 0.6 is 0 Å². The van der Waals surface area contributed by atoms with Crippen LogP contribution < -0.4 is 5.32 Å². The van der Waals surface area contributed by atoms with E-state index in [2.05, 4.69) is 5.32 Å². The number of piperidine rings is 1. The van der Waals surface area contributed by atoms with E-state index in [0.717, 1.165) is 36.0 Å². The van der Waals surface area contributed by atoms with Gasteiger partial charge in [-0.15, -0.1) is 0 Å². The van der Waals surface area contributed by atoms with Gasteiger partial charge in [0.15, 0.2) is 0 Å². The lowest BCUT2D eigenvalue weighted by atomic mass is 9.91. The van der Waals surface area contributed by atoms with Gasteiger partial charge in [0.1, 0.15) is 17.6 Å². The zero-order chi connectivity index (χ0) is 12.4. The Morgan fingerprint density at radius 1 is 1.33 bits per heavy atom. The molecular formula is C15H17NO2. The van der Waals surface area contributed by atoms with E-state index in [1.54, 1.807) is 0 Å². The molecule has 1 fully saturated rings. The lowest BCUT2D eigenvalue weighted by Gasteiger charge is -2.26. The van der Waals surface area contributed by atoms with Crippen molar-refractivity contribution in [2.45, 2.75) is 31.2 Å². The second-order valence-corrected chi connectivity index (χ2v) is 4.90. The van der Waals surface area contributed by atoms with Crippen LogP contribution in [0, 0.1) is 0 Å². The second-order valence-electron chi connectivity index (χ2n) is 4.90. The van der Waals surface area contributed by atoms with Crippen molar-refractivity contribution in [1.29, 1.82) is 0 Å². The maximum atomic E-state index is 11.4. The summed E-state index contributed by atoms with van der Waals surface area (Å²) in [6, 6.07) is 10.1. The Bertz CT molecular complexity index is 507. The van der Waals surface area contributed by atoms with Gasteiger partial charge in [-0.05, 0) is 31.5 Å². The lowest BCUT2D eigenvalue weighted by molar-refractivity contribution is -0.110. The normalized spacial score (nSPS) is 21.9. The van der Waals surface area contributed by atoms with E-state index in [1.165, 1.54) is 12.8 Å². The molecular weight excluding hydrogens is 226 g/mol. The number of para-hydroxylation sites is 1. The summed E-state index contributed by atoms with van der Waals surface area (Å²) in [5, 5.41) is 4.49. The number of aldehydes is 1. The average molecular weight is 243 g/mol. The first kappa shape index (κ1) is 11.5. The van der Waals surface area contributed by atoms with E-state index in [9.17, 15) is 4.79 Å². The molecule has 1 aliphatic rings. The number of furan rings is 1. The Kier molecular flexibility index (Phi) is 3.15. The second kappa shape index (κ2) is 4.94. The highest BCUT2D eigenvalue weighted by atomic mass is 16.3. The topological polar surface area (TPSA) is 42.2 Å². The number of carbonyl (C=O) groups is 1. The van der Waals surface area contributed by atoms with Gasteiger partial charge in [-0.25, -0.2) is 0 Å². The maximum Gasteiger partial charge on any atom is 0.134 e. The van der Waals surface area contributed by atoms with Crippen molar-refractivity contribution in [3.8, 4) is 0 Å². The molecule has 2 atom stereocenters. The highest BCUT2D eigenvalue weighted by molar-refractivity contribution is 5.79. The minimum absolute atomic E-state index is 0.169. The molecule has 3 nitrogen and oxygen atoms in total. The minimum Gasteiger partial charge on any atom is -0.460 e. The zero-order valence-corrected chi connectivity index (χ0v) is 10.3. The monoisotopic (exact) mass is 243 g/mol. The van der Waals surface area contributed by atoms with Crippen molar-refractivity contribution < 1.29 is 9.21 Å². The van der Waals surface area contributed by atoms with E-state index in [1.807, 2.05) is 30.3 Å². The van der Waals surface area contributed by atoms with Gasteiger partial charge in [0, 0.05) is 11.4 Å². The van der Waals surface area contributed by atoms with Crippen LogP contribution in [0.15, 0.2) is 34.7 Å². The van der Waals surface area contributed by atoms with Gasteiger partial charge in [0.05, 0.1) is 5.92 Å². The van der Waals surface area contributed by atoms with Crippen molar-refractivity contribution in [2.24, 2.45) is 0 Å². The van der Waals surface area contributed by atoms with Gasteiger partial charge in [0.2, 0.25) is 0 Å². The number of hydrogen-bond acceptors (Lipinski definition) is 3. The molecule has 0 bridgehead atoms. The van der Waals surface area contributed by atoms with Gasteiger partial charge in [0.25, 0.3) is 0 Å². The molecule has 1 unspecified atom stereocenters. The van der Waals surface area contributed by atoms with Crippen molar-refractivity contribution >= 4 is 17.3 Å².